The van der Waals surface area contributed by atoms with Gasteiger partial charge in [0.2, 0.25) is 0 Å². The summed E-state index contributed by atoms with van der Waals surface area (Å²) in [7, 11) is 0. The molecule has 0 saturated heterocycles. The molecule has 0 heterocycles. The number of carbonyl (C=O) groups is 1. The van der Waals surface area contributed by atoms with Gasteiger partial charge in [-0.2, -0.15) is 0 Å². The summed E-state index contributed by atoms with van der Waals surface area (Å²) in [5.74, 6) is 0.133. The number of aliphatic hydroxyl groups is 1. The van der Waals surface area contributed by atoms with Crippen LogP contribution in [-0.4, -0.2) is 37.0 Å². The van der Waals surface area contributed by atoms with Crippen LogP contribution in [0.25, 0.3) is 0 Å². The molecule has 0 aliphatic heterocycles. The van der Waals surface area contributed by atoms with Crippen LogP contribution in [0.1, 0.15) is 39.0 Å². The van der Waals surface area contributed by atoms with Crippen LogP contribution in [0, 0.1) is 5.92 Å². The molecule has 0 radical (unpaired) electrons. The van der Waals surface area contributed by atoms with Crippen molar-refractivity contribution >= 4 is 5.97 Å². The average Bonchev–Trinajstić information content (AvgIpc) is 2.27. The van der Waals surface area contributed by atoms with Gasteiger partial charge < -0.3 is 14.6 Å². The molecule has 2 unspecified atom stereocenters. The van der Waals surface area contributed by atoms with Crippen molar-refractivity contribution in [3.8, 4) is 0 Å². The highest BCUT2D eigenvalue weighted by Gasteiger charge is 2.21. The van der Waals surface area contributed by atoms with Crippen molar-refractivity contribution in [2.45, 2.75) is 45.1 Å². The van der Waals surface area contributed by atoms with Crippen LogP contribution >= 0.6 is 0 Å². The number of carbonyl (C=O) groups excluding carboxylic acids is 1. The van der Waals surface area contributed by atoms with E-state index in [0.29, 0.717) is 32.2 Å². The summed E-state index contributed by atoms with van der Waals surface area (Å²) < 4.78 is 10.2. The molecule has 1 aliphatic rings. The van der Waals surface area contributed by atoms with Crippen molar-refractivity contribution in [2.24, 2.45) is 5.92 Å². The number of ether oxygens (including phenoxy) is 2. The molecule has 0 aromatic rings. The number of hydrogen-bond donors (Lipinski definition) is 1. The van der Waals surface area contributed by atoms with Crippen LogP contribution in [0.4, 0.5) is 0 Å². The van der Waals surface area contributed by atoms with Crippen LogP contribution in [0.2, 0.25) is 0 Å². The maximum atomic E-state index is 11.3. The highest BCUT2D eigenvalue weighted by Crippen LogP contribution is 2.24. The SMILES string of the molecule is CCOCCC(=O)OCC1CCCC(O)C1. The first-order valence-corrected chi connectivity index (χ1v) is 6.13. The van der Waals surface area contributed by atoms with Gasteiger partial charge in [-0.15, -0.1) is 0 Å². The Morgan fingerprint density at radius 3 is 2.94 bits per heavy atom. The quantitative estimate of drug-likeness (QED) is 0.555. The summed E-state index contributed by atoms with van der Waals surface area (Å²) in [5, 5.41) is 9.46. The molecule has 4 nitrogen and oxygen atoms in total. The minimum absolute atomic E-state index is 0.200. The second-order valence-electron chi connectivity index (χ2n) is 4.32. The Balaban J connectivity index is 2.06. The van der Waals surface area contributed by atoms with Gasteiger partial charge in [-0.25, -0.2) is 0 Å². The maximum absolute atomic E-state index is 11.3. The lowest BCUT2D eigenvalue weighted by atomic mass is 9.88. The highest BCUT2D eigenvalue weighted by atomic mass is 16.5. The van der Waals surface area contributed by atoms with Crippen LogP contribution in [-0.2, 0) is 14.3 Å². The molecule has 2 atom stereocenters. The summed E-state index contributed by atoms with van der Waals surface area (Å²) in [6, 6.07) is 0. The third-order valence-electron chi connectivity index (χ3n) is 2.89. The van der Waals surface area contributed by atoms with Crippen molar-refractivity contribution in [1.29, 1.82) is 0 Å². The van der Waals surface area contributed by atoms with Crippen LogP contribution < -0.4 is 0 Å². The Bertz CT molecular complexity index is 205. The Labute approximate surface area is 96.9 Å². The van der Waals surface area contributed by atoms with Crippen molar-refractivity contribution in [3.05, 3.63) is 0 Å². The molecule has 1 rings (SSSR count). The normalized spacial score (nSPS) is 25.4. The first-order chi connectivity index (χ1) is 7.72. The largest absolute Gasteiger partial charge is 0.465 e. The molecular weight excluding hydrogens is 208 g/mol. The standard InChI is InChI=1S/C12H22O4/c1-2-15-7-6-12(14)16-9-10-4-3-5-11(13)8-10/h10-11,13H,2-9H2,1H3. The van der Waals surface area contributed by atoms with Gasteiger partial charge in [0.1, 0.15) is 0 Å². The molecule has 0 aromatic carbocycles. The molecule has 1 N–H and O–H groups in total. The van der Waals surface area contributed by atoms with E-state index in [1.165, 1.54) is 0 Å². The van der Waals surface area contributed by atoms with E-state index in [0.717, 1.165) is 25.7 Å². The predicted octanol–water partition coefficient (Wildman–Crippen LogP) is 1.51. The monoisotopic (exact) mass is 230 g/mol. The van der Waals surface area contributed by atoms with Gasteiger partial charge in [0.15, 0.2) is 0 Å². The van der Waals surface area contributed by atoms with Crippen molar-refractivity contribution in [3.63, 3.8) is 0 Å². The number of esters is 1. The van der Waals surface area contributed by atoms with Gasteiger partial charge in [-0.1, -0.05) is 6.42 Å². The topological polar surface area (TPSA) is 55.8 Å². The predicted molar refractivity (Wildman–Crippen MR) is 60.0 cm³/mol. The molecule has 0 amide bonds. The first kappa shape index (κ1) is 13.5. The zero-order valence-electron chi connectivity index (χ0n) is 9.98. The maximum Gasteiger partial charge on any atom is 0.308 e. The molecule has 94 valence electrons. The summed E-state index contributed by atoms with van der Waals surface area (Å²) in [5.41, 5.74) is 0. The van der Waals surface area contributed by atoms with Gasteiger partial charge in [0, 0.05) is 6.61 Å². The molecule has 4 heteroatoms. The van der Waals surface area contributed by atoms with Gasteiger partial charge in [-0.05, 0) is 32.1 Å². The fourth-order valence-electron chi connectivity index (χ4n) is 2.00. The van der Waals surface area contributed by atoms with E-state index < -0.39 is 0 Å². The number of rotatable bonds is 6. The summed E-state index contributed by atoms with van der Waals surface area (Å²) in [6.07, 6.45) is 3.84. The molecular formula is C12H22O4. The van der Waals surface area contributed by atoms with Gasteiger partial charge in [0.05, 0.1) is 25.7 Å². The smallest absolute Gasteiger partial charge is 0.308 e. The molecule has 1 saturated carbocycles. The lowest BCUT2D eigenvalue weighted by molar-refractivity contribution is -0.147. The van der Waals surface area contributed by atoms with E-state index in [2.05, 4.69) is 0 Å². The minimum Gasteiger partial charge on any atom is -0.465 e. The fraction of sp³-hybridized carbons (Fsp3) is 0.917. The van der Waals surface area contributed by atoms with Gasteiger partial charge in [-0.3, -0.25) is 4.79 Å². The van der Waals surface area contributed by atoms with E-state index in [4.69, 9.17) is 9.47 Å². The van der Waals surface area contributed by atoms with Crippen molar-refractivity contribution in [1.82, 2.24) is 0 Å². The molecule has 1 fully saturated rings. The van der Waals surface area contributed by atoms with Crippen LogP contribution in [0.15, 0.2) is 0 Å². The lowest BCUT2D eigenvalue weighted by Gasteiger charge is -2.25. The Morgan fingerprint density at radius 2 is 2.25 bits per heavy atom. The van der Waals surface area contributed by atoms with E-state index in [1.54, 1.807) is 0 Å². The van der Waals surface area contributed by atoms with Crippen LogP contribution in [0.5, 0.6) is 0 Å². The average molecular weight is 230 g/mol. The minimum atomic E-state index is -0.208. The second-order valence-corrected chi connectivity index (χ2v) is 4.32. The third kappa shape index (κ3) is 5.47. The fourth-order valence-corrected chi connectivity index (χ4v) is 2.00. The highest BCUT2D eigenvalue weighted by molar-refractivity contribution is 5.69. The molecule has 16 heavy (non-hydrogen) atoms. The molecule has 0 spiro atoms. The lowest BCUT2D eigenvalue weighted by Crippen LogP contribution is -2.24. The first-order valence-electron chi connectivity index (χ1n) is 6.13. The number of hydrogen-bond acceptors (Lipinski definition) is 4. The van der Waals surface area contributed by atoms with Crippen molar-refractivity contribution in [2.75, 3.05) is 19.8 Å². The molecule has 1 aliphatic carbocycles. The van der Waals surface area contributed by atoms with E-state index in [1.807, 2.05) is 6.92 Å². The van der Waals surface area contributed by atoms with E-state index in [-0.39, 0.29) is 12.1 Å². The second kappa shape index (κ2) is 7.63. The van der Waals surface area contributed by atoms with Gasteiger partial charge in [0.25, 0.3) is 0 Å². The summed E-state index contributed by atoms with van der Waals surface area (Å²) in [4.78, 5) is 11.3. The van der Waals surface area contributed by atoms with E-state index in [9.17, 15) is 9.90 Å². The zero-order valence-corrected chi connectivity index (χ0v) is 9.98. The molecule has 0 bridgehead atoms. The summed E-state index contributed by atoms with van der Waals surface area (Å²) in [6.45, 7) is 3.40. The third-order valence-corrected chi connectivity index (χ3v) is 2.89. The van der Waals surface area contributed by atoms with Crippen LogP contribution in [0.3, 0.4) is 0 Å². The van der Waals surface area contributed by atoms with Gasteiger partial charge >= 0.3 is 5.97 Å². The van der Waals surface area contributed by atoms with Crippen molar-refractivity contribution < 1.29 is 19.4 Å². The number of aliphatic hydroxyl groups excluding tert-OH is 1. The zero-order chi connectivity index (χ0) is 11.8. The van der Waals surface area contributed by atoms with E-state index >= 15 is 0 Å². The Hall–Kier alpha value is -0.610. The Morgan fingerprint density at radius 1 is 1.44 bits per heavy atom. The molecule has 0 aromatic heterocycles. The summed E-state index contributed by atoms with van der Waals surface area (Å²) >= 11 is 0. The Kier molecular flexibility index (Phi) is 6.42.